The van der Waals surface area contributed by atoms with Gasteiger partial charge in [-0.15, -0.1) is 24.0 Å². The molecule has 0 saturated carbocycles. The zero-order chi connectivity index (χ0) is 18.6. The Labute approximate surface area is 177 Å². The number of benzene rings is 1. The summed E-state index contributed by atoms with van der Waals surface area (Å²) in [5.74, 6) is 1.61. The normalized spacial score (nSPS) is 17.0. The van der Waals surface area contributed by atoms with Crippen LogP contribution in [0.3, 0.4) is 0 Å². The highest BCUT2D eigenvalue weighted by molar-refractivity contribution is 14.0. The molecule has 27 heavy (non-hydrogen) atoms. The lowest BCUT2D eigenvalue weighted by molar-refractivity contribution is 0.392. The van der Waals surface area contributed by atoms with Gasteiger partial charge in [-0.3, -0.25) is 4.99 Å². The van der Waals surface area contributed by atoms with Crippen molar-refractivity contribution in [3.63, 3.8) is 0 Å². The van der Waals surface area contributed by atoms with Crippen LogP contribution in [0.1, 0.15) is 38.6 Å². The third-order valence-electron chi connectivity index (χ3n) is 4.73. The Hall–Kier alpha value is -1.71. The van der Waals surface area contributed by atoms with Crippen LogP contribution >= 0.6 is 24.0 Å². The van der Waals surface area contributed by atoms with Crippen molar-refractivity contribution in [2.75, 3.05) is 13.1 Å². The van der Waals surface area contributed by atoms with Gasteiger partial charge in [-0.05, 0) is 31.0 Å². The molecule has 2 N–H and O–H groups in total. The number of aromatic nitrogens is 3. The van der Waals surface area contributed by atoms with E-state index in [4.69, 9.17) is 4.99 Å². The van der Waals surface area contributed by atoms with E-state index < -0.39 is 0 Å². The average molecular weight is 486 g/mol. The Morgan fingerprint density at radius 1 is 1.41 bits per heavy atom. The van der Waals surface area contributed by atoms with Gasteiger partial charge in [0.05, 0.1) is 13.1 Å². The molecule has 0 saturated heterocycles. The predicted molar refractivity (Wildman–Crippen MR) is 116 cm³/mol. The van der Waals surface area contributed by atoms with Gasteiger partial charge in [0.1, 0.15) is 18.0 Å². The van der Waals surface area contributed by atoms with Crippen LogP contribution < -0.4 is 10.6 Å². The molecule has 6 nitrogen and oxygen atoms in total. The van der Waals surface area contributed by atoms with E-state index >= 15 is 0 Å². The number of nitrogens with one attached hydrogen (secondary N) is 2. The van der Waals surface area contributed by atoms with Crippen LogP contribution in [0.5, 0.6) is 0 Å². The molecule has 0 aliphatic carbocycles. The molecule has 148 valence electrons. The van der Waals surface area contributed by atoms with Crippen LogP contribution in [0.25, 0.3) is 0 Å². The molecule has 1 aliphatic heterocycles. The number of halogens is 2. The van der Waals surface area contributed by atoms with Crippen molar-refractivity contribution >= 4 is 29.9 Å². The van der Waals surface area contributed by atoms with Crippen LogP contribution in [0.2, 0.25) is 0 Å². The summed E-state index contributed by atoms with van der Waals surface area (Å²) in [6.45, 7) is 8.34. The number of guanidine groups is 1. The highest BCUT2D eigenvalue weighted by atomic mass is 127. The Morgan fingerprint density at radius 3 is 2.96 bits per heavy atom. The smallest absolute Gasteiger partial charge is 0.191 e. The molecule has 1 unspecified atom stereocenters. The first kappa shape index (κ1) is 21.6. The van der Waals surface area contributed by atoms with Crippen LogP contribution in [-0.4, -0.2) is 39.9 Å². The second kappa shape index (κ2) is 9.48. The molecule has 2 heterocycles. The van der Waals surface area contributed by atoms with Gasteiger partial charge in [-0.1, -0.05) is 26.0 Å². The molecule has 2 aromatic rings. The first-order valence-corrected chi connectivity index (χ1v) is 9.15. The van der Waals surface area contributed by atoms with E-state index in [9.17, 15) is 4.39 Å². The number of hydrogen-bond acceptors (Lipinski definition) is 3. The van der Waals surface area contributed by atoms with E-state index in [1.54, 1.807) is 18.5 Å². The molecule has 8 heteroatoms. The molecule has 3 rings (SSSR count). The van der Waals surface area contributed by atoms with Crippen molar-refractivity contribution in [3.05, 3.63) is 47.8 Å². The van der Waals surface area contributed by atoms with Gasteiger partial charge < -0.3 is 10.6 Å². The number of fused-ring (bicyclic) bond motifs is 1. The minimum absolute atomic E-state index is 0. The van der Waals surface area contributed by atoms with Crippen LogP contribution in [0, 0.1) is 5.82 Å². The summed E-state index contributed by atoms with van der Waals surface area (Å²) in [7, 11) is 0. The number of aliphatic imine (C=N–C) groups is 1. The van der Waals surface area contributed by atoms with Crippen molar-refractivity contribution in [2.45, 2.75) is 51.6 Å². The molecule has 1 aromatic carbocycles. The van der Waals surface area contributed by atoms with E-state index in [0.717, 1.165) is 43.3 Å². The van der Waals surface area contributed by atoms with E-state index in [-0.39, 0.29) is 41.3 Å². The van der Waals surface area contributed by atoms with Crippen molar-refractivity contribution in [1.82, 2.24) is 25.4 Å². The quantitative estimate of drug-likeness (QED) is 0.388. The number of hydrogen-bond donors (Lipinski definition) is 2. The second-order valence-electron chi connectivity index (χ2n) is 7.33. The Bertz CT molecular complexity index is 773. The van der Waals surface area contributed by atoms with E-state index in [1.165, 1.54) is 6.07 Å². The standard InChI is InChI=1S/C19H27FN6.HI/c1-4-21-18(25-16-8-9-17-23-13-24-26(17)11-16)22-12-19(2,3)14-6-5-7-15(20)10-14;/h5-7,10,13,16H,4,8-9,11-12H2,1-3H3,(H2,21,22,25);1H. The zero-order valence-corrected chi connectivity index (χ0v) is 18.4. The maximum Gasteiger partial charge on any atom is 0.191 e. The molecule has 1 aliphatic rings. The van der Waals surface area contributed by atoms with Gasteiger partial charge in [0.2, 0.25) is 0 Å². The molecule has 0 radical (unpaired) electrons. The van der Waals surface area contributed by atoms with Crippen molar-refractivity contribution in [2.24, 2.45) is 4.99 Å². The Kier molecular flexibility index (Phi) is 7.58. The van der Waals surface area contributed by atoms with Crippen molar-refractivity contribution in [3.8, 4) is 0 Å². The first-order valence-electron chi connectivity index (χ1n) is 9.15. The minimum atomic E-state index is -0.254. The monoisotopic (exact) mass is 486 g/mol. The molecular weight excluding hydrogens is 458 g/mol. The topological polar surface area (TPSA) is 67.1 Å². The fraction of sp³-hybridized carbons (Fsp3) is 0.526. The maximum absolute atomic E-state index is 13.5. The lowest BCUT2D eigenvalue weighted by Gasteiger charge is -2.27. The largest absolute Gasteiger partial charge is 0.357 e. The van der Waals surface area contributed by atoms with Gasteiger partial charge in [-0.25, -0.2) is 14.1 Å². The van der Waals surface area contributed by atoms with Crippen LogP contribution in [0.4, 0.5) is 4.39 Å². The molecule has 0 amide bonds. The summed E-state index contributed by atoms with van der Waals surface area (Å²) in [5.41, 5.74) is 0.692. The van der Waals surface area contributed by atoms with Gasteiger partial charge in [0, 0.05) is 24.4 Å². The highest BCUT2D eigenvalue weighted by Gasteiger charge is 2.23. The van der Waals surface area contributed by atoms with Gasteiger partial charge in [0.25, 0.3) is 0 Å². The third-order valence-corrected chi connectivity index (χ3v) is 4.73. The minimum Gasteiger partial charge on any atom is -0.357 e. The lowest BCUT2D eigenvalue weighted by atomic mass is 9.85. The molecule has 1 atom stereocenters. The Morgan fingerprint density at radius 2 is 2.22 bits per heavy atom. The Balaban J connectivity index is 0.00000261. The third kappa shape index (κ3) is 5.63. The molecule has 1 aromatic heterocycles. The number of rotatable bonds is 5. The fourth-order valence-corrected chi connectivity index (χ4v) is 3.15. The van der Waals surface area contributed by atoms with Crippen LogP contribution in [-0.2, 0) is 18.4 Å². The summed E-state index contributed by atoms with van der Waals surface area (Å²) in [5, 5.41) is 11.1. The molecule has 0 bridgehead atoms. The summed E-state index contributed by atoms with van der Waals surface area (Å²) in [6, 6.07) is 7.02. The molecule has 0 fully saturated rings. The van der Waals surface area contributed by atoms with Gasteiger partial charge >= 0.3 is 0 Å². The summed E-state index contributed by atoms with van der Waals surface area (Å²) in [6.07, 6.45) is 3.51. The van der Waals surface area contributed by atoms with Crippen molar-refractivity contribution in [1.29, 1.82) is 0 Å². The number of aryl methyl sites for hydroxylation is 1. The first-order chi connectivity index (χ1) is 12.5. The second-order valence-corrected chi connectivity index (χ2v) is 7.33. The van der Waals surface area contributed by atoms with Crippen LogP contribution in [0.15, 0.2) is 35.6 Å². The highest BCUT2D eigenvalue weighted by Crippen LogP contribution is 2.24. The number of nitrogens with zero attached hydrogens (tertiary/aromatic N) is 4. The predicted octanol–water partition coefficient (Wildman–Crippen LogP) is 2.88. The van der Waals surface area contributed by atoms with E-state index in [2.05, 4.69) is 34.6 Å². The summed E-state index contributed by atoms with van der Waals surface area (Å²) >= 11 is 0. The molecular formula is C19H28FIN6. The van der Waals surface area contributed by atoms with Gasteiger partial charge in [-0.2, -0.15) is 5.10 Å². The molecule has 0 spiro atoms. The van der Waals surface area contributed by atoms with E-state index in [0.29, 0.717) is 6.54 Å². The summed E-state index contributed by atoms with van der Waals surface area (Å²) < 4.78 is 15.5. The maximum atomic E-state index is 13.5. The average Bonchev–Trinajstić information content (AvgIpc) is 3.08. The van der Waals surface area contributed by atoms with E-state index in [1.807, 2.05) is 17.7 Å². The summed E-state index contributed by atoms with van der Waals surface area (Å²) in [4.78, 5) is 9.02. The SMILES string of the molecule is CCNC(=NCC(C)(C)c1cccc(F)c1)NC1CCc2ncnn2C1.I. The lowest BCUT2D eigenvalue weighted by Crippen LogP contribution is -2.47. The van der Waals surface area contributed by atoms with Crippen molar-refractivity contribution < 1.29 is 4.39 Å². The fourth-order valence-electron chi connectivity index (χ4n) is 3.15. The zero-order valence-electron chi connectivity index (χ0n) is 16.1. The van der Waals surface area contributed by atoms with Gasteiger partial charge in [0.15, 0.2) is 5.96 Å².